The zero-order valence-corrected chi connectivity index (χ0v) is 26.2. The number of hydrogen-bond acceptors (Lipinski definition) is 6. The van der Waals surface area contributed by atoms with Crippen LogP contribution in [0.15, 0.2) is 91.0 Å². The number of halogens is 1. The summed E-state index contributed by atoms with van der Waals surface area (Å²) in [6.45, 7) is 9.36. The van der Waals surface area contributed by atoms with Gasteiger partial charge in [0.15, 0.2) is 0 Å². The van der Waals surface area contributed by atoms with Crippen LogP contribution in [0, 0.1) is 11.2 Å². The second kappa shape index (κ2) is 12.8. The molecule has 0 bridgehead atoms. The number of amides is 1. The van der Waals surface area contributed by atoms with E-state index in [1.54, 1.807) is 23.1 Å². The molecule has 1 spiro atoms. The summed E-state index contributed by atoms with van der Waals surface area (Å²) in [6.07, 6.45) is 1.65. The minimum absolute atomic E-state index is 0.118. The van der Waals surface area contributed by atoms with Crippen LogP contribution in [0.2, 0.25) is 0 Å². The molecule has 1 aromatic heterocycles. The summed E-state index contributed by atoms with van der Waals surface area (Å²) in [5.74, 6) is 0.388. The molecular formula is C37H40FN3O4. The SMILES string of the molecule is CC(C)(C)OC(=O)N1CC2(CCN(c3ccc(-c4ccc(OCc5ccccc5)nc4OCc4ccccc4)c(F)c3)CC2)C1. The van der Waals surface area contributed by atoms with Gasteiger partial charge >= 0.3 is 6.09 Å². The Balaban J connectivity index is 1.14. The molecule has 3 aromatic carbocycles. The van der Waals surface area contributed by atoms with Crippen LogP contribution < -0.4 is 14.4 Å². The highest BCUT2D eigenvalue weighted by atomic mass is 19.1. The van der Waals surface area contributed by atoms with Crippen LogP contribution in [-0.2, 0) is 18.0 Å². The highest BCUT2D eigenvalue weighted by Gasteiger charge is 2.47. The van der Waals surface area contributed by atoms with Gasteiger partial charge in [-0.3, -0.25) is 0 Å². The first-order valence-corrected chi connectivity index (χ1v) is 15.5. The molecular weight excluding hydrogens is 569 g/mol. The number of ether oxygens (including phenoxy) is 3. The normalized spacial score (nSPS) is 15.8. The topological polar surface area (TPSA) is 64.1 Å². The average molecular weight is 610 g/mol. The summed E-state index contributed by atoms with van der Waals surface area (Å²) >= 11 is 0. The Morgan fingerprint density at radius 1 is 0.822 bits per heavy atom. The van der Waals surface area contributed by atoms with Gasteiger partial charge in [-0.05, 0) is 69.0 Å². The Bertz CT molecular complexity index is 1610. The lowest BCUT2D eigenvalue weighted by molar-refractivity contribution is -0.0434. The first kappa shape index (κ1) is 30.4. The number of benzene rings is 3. The maximum Gasteiger partial charge on any atom is 0.410 e. The van der Waals surface area contributed by atoms with Gasteiger partial charge in [0.2, 0.25) is 11.8 Å². The molecule has 3 heterocycles. The Morgan fingerprint density at radius 2 is 1.42 bits per heavy atom. The smallest absolute Gasteiger partial charge is 0.410 e. The van der Waals surface area contributed by atoms with Crippen molar-refractivity contribution in [1.29, 1.82) is 0 Å². The lowest BCUT2D eigenvalue weighted by atomic mass is 9.72. The molecule has 0 N–H and O–H groups in total. The molecule has 1 amide bonds. The zero-order chi connectivity index (χ0) is 31.4. The molecule has 6 rings (SSSR count). The Kier molecular flexibility index (Phi) is 8.65. The van der Waals surface area contributed by atoms with Crippen molar-refractivity contribution in [2.75, 3.05) is 31.1 Å². The van der Waals surface area contributed by atoms with E-state index in [0.29, 0.717) is 49.2 Å². The Labute approximate surface area is 264 Å². The van der Waals surface area contributed by atoms with E-state index in [9.17, 15) is 4.79 Å². The van der Waals surface area contributed by atoms with E-state index in [1.165, 1.54) is 0 Å². The van der Waals surface area contributed by atoms with Gasteiger partial charge in [-0.15, -0.1) is 0 Å². The molecule has 0 radical (unpaired) electrons. The number of likely N-dealkylation sites (tertiary alicyclic amines) is 1. The van der Waals surface area contributed by atoms with E-state index in [-0.39, 0.29) is 17.3 Å². The minimum Gasteiger partial charge on any atom is -0.473 e. The van der Waals surface area contributed by atoms with Gasteiger partial charge in [-0.1, -0.05) is 60.7 Å². The molecule has 7 nitrogen and oxygen atoms in total. The van der Waals surface area contributed by atoms with Crippen LogP contribution in [0.5, 0.6) is 11.8 Å². The van der Waals surface area contributed by atoms with Gasteiger partial charge in [0.25, 0.3) is 0 Å². The molecule has 2 fully saturated rings. The molecule has 0 atom stereocenters. The molecule has 2 aliphatic heterocycles. The predicted octanol–water partition coefficient (Wildman–Crippen LogP) is 7.88. The lowest BCUT2D eigenvalue weighted by Gasteiger charge is -2.54. The fourth-order valence-electron chi connectivity index (χ4n) is 5.97. The first-order chi connectivity index (χ1) is 21.7. The molecule has 45 heavy (non-hydrogen) atoms. The van der Waals surface area contributed by atoms with Gasteiger partial charge in [0.05, 0.1) is 0 Å². The average Bonchev–Trinajstić information content (AvgIpc) is 3.02. The van der Waals surface area contributed by atoms with E-state index in [1.807, 2.05) is 93.6 Å². The Morgan fingerprint density at radius 3 is 2.02 bits per heavy atom. The third-order valence-corrected chi connectivity index (χ3v) is 8.42. The number of carbonyl (C=O) groups is 1. The Hall–Kier alpha value is -4.59. The maximum absolute atomic E-state index is 15.8. The van der Waals surface area contributed by atoms with Crippen molar-refractivity contribution < 1.29 is 23.4 Å². The van der Waals surface area contributed by atoms with Crippen LogP contribution in [0.4, 0.5) is 14.9 Å². The van der Waals surface area contributed by atoms with Crippen LogP contribution in [0.25, 0.3) is 11.1 Å². The van der Waals surface area contributed by atoms with Crippen molar-refractivity contribution >= 4 is 11.8 Å². The summed E-state index contributed by atoms with van der Waals surface area (Å²) in [5, 5.41) is 0. The second-order valence-corrected chi connectivity index (χ2v) is 13.0. The molecule has 2 saturated heterocycles. The van der Waals surface area contributed by atoms with E-state index < -0.39 is 5.60 Å². The van der Waals surface area contributed by atoms with Gasteiger partial charge in [-0.25, -0.2) is 9.18 Å². The molecule has 4 aromatic rings. The number of carbonyl (C=O) groups excluding carboxylic acids is 1. The fourth-order valence-corrected chi connectivity index (χ4v) is 5.97. The minimum atomic E-state index is -0.498. The number of pyridine rings is 1. The summed E-state index contributed by atoms with van der Waals surface area (Å²) in [6, 6.07) is 28.6. The van der Waals surface area contributed by atoms with Crippen molar-refractivity contribution in [3.8, 4) is 22.9 Å². The summed E-state index contributed by atoms with van der Waals surface area (Å²) in [4.78, 5) is 21.1. The molecule has 8 heteroatoms. The van der Waals surface area contributed by atoms with Gasteiger partial charge < -0.3 is 24.0 Å². The van der Waals surface area contributed by atoms with Gasteiger partial charge in [0.1, 0.15) is 24.6 Å². The first-order valence-electron chi connectivity index (χ1n) is 15.5. The summed E-state index contributed by atoms with van der Waals surface area (Å²) < 4.78 is 33.5. The monoisotopic (exact) mass is 609 g/mol. The number of anilines is 1. The van der Waals surface area contributed by atoms with Crippen LogP contribution in [0.3, 0.4) is 0 Å². The van der Waals surface area contributed by atoms with Crippen molar-refractivity contribution in [3.63, 3.8) is 0 Å². The third-order valence-electron chi connectivity index (χ3n) is 8.42. The molecule has 234 valence electrons. The largest absolute Gasteiger partial charge is 0.473 e. The van der Waals surface area contributed by atoms with Crippen molar-refractivity contribution in [2.45, 2.75) is 52.4 Å². The summed E-state index contributed by atoms with van der Waals surface area (Å²) in [7, 11) is 0. The number of rotatable bonds is 8. The lowest BCUT2D eigenvalue weighted by Crippen LogP contribution is -2.62. The highest BCUT2D eigenvalue weighted by molar-refractivity contribution is 5.72. The van der Waals surface area contributed by atoms with Gasteiger partial charge in [0, 0.05) is 54.5 Å². The number of hydrogen-bond donors (Lipinski definition) is 0. The molecule has 0 aliphatic carbocycles. The van der Waals surface area contributed by atoms with Crippen molar-refractivity contribution in [2.24, 2.45) is 5.41 Å². The molecule has 0 saturated carbocycles. The van der Waals surface area contributed by atoms with Crippen LogP contribution in [-0.4, -0.2) is 47.8 Å². The van der Waals surface area contributed by atoms with E-state index in [4.69, 9.17) is 14.2 Å². The van der Waals surface area contributed by atoms with E-state index in [0.717, 1.165) is 42.7 Å². The third kappa shape index (κ3) is 7.39. The van der Waals surface area contributed by atoms with E-state index >= 15 is 4.39 Å². The summed E-state index contributed by atoms with van der Waals surface area (Å²) in [5.41, 5.74) is 3.46. The standard InChI is InChI=1S/C37H40FN3O4/c1-36(2,3)45-35(42)41-25-37(26-41)18-20-40(21-19-37)29-14-15-30(32(38)22-29)31-16-17-33(43-23-27-10-6-4-7-11-27)39-34(31)44-24-28-12-8-5-9-13-28/h4-17,22H,18-21,23-26H2,1-3H3. The van der Waals surface area contributed by atoms with E-state index in [2.05, 4.69) is 9.88 Å². The van der Waals surface area contributed by atoms with Crippen LogP contribution in [0.1, 0.15) is 44.7 Å². The number of nitrogens with zero attached hydrogens (tertiary/aromatic N) is 3. The van der Waals surface area contributed by atoms with Crippen molar-refractivity contribution in [3.05, 3.63) is 108 Å². The number of piperidine rings is 1. The highest BCUT2D eigenvalue weighted by Crippen LogP contribution is 2.42. The molecule has 2 aliphatic rings. The fraction of sp³-hybridized carbons (Fsp3) is 0.351. The zero-order valence-electron chi connectivity index (χ0n) is 26.2. The van der Waals surface area contributed by atoms with Gasteiger partial charge in [-0.2, -0.15) is 4.98 Å². The number of aromatic nitrogens is 1. The molecule has 0 unspecified atom stereocenters. The predicted molar refractivity (Wildman–Crippen MR) is 173 cm³/mol. The quantitative estimate of drug-likeness (QED) is 0.203. The second-order valence-electron chi connectivity index (χ2n) is 13.0. The van der Waals surface area contributed by atoms with Crippen molar-refractivity contribution in [1.82, 2.24) is 9.88 Å². The maximum atomic E-state index is 15.8. The van der Waals surface area contributed by atoms with Crippen LogP contribution >= 0.6 is 0 Å².